The Balaban J connectivity index is 2.32. The van der Waals surface area contributed by atoms with Crippen molar-refractivity contribution >= 4 is 33.2 Å². The van der Waals surface area contributed by atoms with E-state index < -0.39 is 0 Å². The Morgan fingerprint density at radius 3 is 2.78 bits per heavy atom. The molecule has 1 amide bonds. The highest BCUT2D eigenvalue weighted by molar-refractivity contribution is 9.10. The lowest BCUT2D eigenvalue weighted by Crippen LogP contribution is -2.28. The molecule has 0 saturated heterocycles. The van der Waals surface area contributed by atoms with E-state index in [-0.39, 0.29) is 5.91 Å². The molecule has 1 atom stereocenters. The number of thiophene rings is 1. The van der Waals surface area contributed by atoms with Gasteiger partial charge in [-0.1, -0.05) is 13.8 Å². The average molecular weight is 333 g/mol. The lowest BCUT2D eigenvalue weighted by Gasteiger charge is -2.16. The Hall–Kier alpha value is -0.390. The summed E-state index contributed by atoms with van der Waals surface area (Å²) < 4.78 is 1.07. The highest BCUT2D eigenvalue weighted by Gasteiger charge is 2.13. The van der Waals surface area contributed by atoms with Crippen LogP contribution in [0.5, 0.6) is 0 Å². The van der Waals surface area contributed by atoms with E-state index in [1.165, 1.54) is 0 Å². The summed E-state index contributed by atoms with van der Waals surface area (Å²) in [6.07, 6.45) is 1.54. The number of nitrogens with two attached hydrogens (primary N) is 1. The van der Waals surface area contributed by atoms with Gasteiger partial charge in [-0.15, -0.1) is 11.3 Å². The van der Waals surface area contributed by atoms with Crippen LogP contribution in [0, 0.1) is 11.8 Å². The van der Waals surface area contributed by atoms with Crippen LogP contribution in [0.4, 0.5) is 0 Å². The summed E-state index contributed by atoms with van der Waals surface area (Å²) in [6, 6.07) is 2.03. The Morgan fingerprint density at radius 2 is 2.28 bits per heavy atom. The second-order valence-corrected chi connectivity index (χ2v) is 6.85. The minimum Gasteiger partial charge on any atom is -0.351 e. The summed E-state index contributed by atoms with van der Waals surface area (Å²) in [7, 11) is 0. The number of halogens is 1. The van der Waals surface area contributed by atoms with Gasteiger partial charge >= 0.3 is 0 Å². The predicted molar refractivity (Wildman–Crippen MR) is 80.5 cm³/mol. The van der Waals surface area contributed by atoms with Crippen LogP contribution < -0.4 is 11.1 Å². The van der Waals surface area contributed by atoms with Crippen LogP contribution >= 0.6 is 27.3 Å². The van der Waals surface area contributed by atoms with Gasteiger partial charge in [-0.25, -0.2) is 0 Å². The van der Waals surface area contributed by atoms with E-state index in [1.54, 1.807) is 11.3 Å². The highest BCUT2D eigenvalue weighted by atomic mass is 79.9. The Kier molecular flexibility index (Phi) is 6.89. The summed E-state index contributed by atoms with van der Waals surface area (Å²) in [5.41, 5.74) is 5.70. The third-order valence-corrected chi connectivity index (χ3v) is 4.39. The zero-order valence-corrected chi connectivity index (χ0v) is 13.3. The van der Waals surface area contributed by atoms with Gasteiger partial charge in [-0.3, -0.25) is 4.79 Å². The first-order valence-corrected chi connectivity index (χ1v) is 7.88. The van der Waals surface area contributed by atoms with Crippen LogP contribution in [0.2, 0.25) is 0 Å². The van der Waals surface area contributed by atoms with Gasteiger partial charge < -0.3 is 11.1 Å². The number of hydrogen-bond acceptors (Lipinski definition) is 3. The van der Waals surface area contributed by atoms with Crippen molar-refractivity contribution in [2.24, 2.45) is 17.6 Å². The maximum Gasteiger partial charge on any atom is 0.220 e. The quantitative estimate of drug-likeness (QED) is 0.805. The van der Waals surface area contributed by atoms with Crippen LogP contribution in [0.15, 0.2) is 15.9 Å². The fraction of sp³-hybridized carbons (Fsp3) is 0.615. The van der Waals surface area contributed by atoms with Gasteiger partial charge in [0.15, 0.2) is 0 Å². The smallest absolute Gasteiger partial charge is 0.220 e. The first-order valence-electron chi connectivity index (χ1n) is 6.21. The molecule has 1 aromatic heterocycles. The minimum atomic E-state index is 0.0932. The lowest BCUT2D eigenvalue weighted by atomic mass is 9.94. The van der Waals surface area contributed by atoms with Crippen molar-refractivity contribution in [3.8, 4) is 0 Å². The van der Waals surface area contributed by atoms with Crippen LogP contribution in [-0.4, -0.2) is 12.5 Å². The number of rotatable bonds is 7. The van der Waals surface area contributed by atoms with Crippen LogP contribution in [0.25, 0.3) is 0 Å². The zero-order valence-electron chi connectivity index (χ0n) is 10.9. The molecule has 0 aliphatic heterocycles. The van der Waals surface area contributed by atoms with Crippen molar-refractivity contribution in [1.29, 1.82) is 0 Å². The third kappa shape index (κ3) is 5.98. The monoisotopic (exact) mass is 332 g/mol. The van der Waals surface area contributed by atoms with Gasteiger partial charge in [0.2, 0.25) is 5.91 Å². The fourth-order valence-electron chi connectivity index (χ4n) is 1.90. The van der Waals surface area contributed by atoms with E-state index in [4.69, 9.17) is 5.73 Å². The maximum atomic E-state index is 11.8. The van der Waals surface area contributed by atoms with Gasteiger partial charge in [0.25, 0.3) is 0 Å². The van der Waals surface area contributed by atoms with E-state index in [1.807, 2.05) is 11.4 Å². The lowest BCUT2D eigenvalue weighted by molar-refractivity contribution is -0.122. The van der Waals surface area contributed by atoms with Crippen molar-refractivity contribution in [3.05, 3.63) is 20.8 Å². The van der Waals surface area contributed by atoms with Gasteiger partial charge in [-0.05, 0) is 46.8 Å². The molecule has 3 nitrogen and oxygen atoms in total. The van der Waals surface area contributed by atoms with Crippen molar-refractivity contribution < 1.29 is 4.79 Å². The first-order chi connectivity index (χ1) is 8.51. The summed E-state index contributed by atoms with van der Waals surface area (Å²) in [6.45, 7) is 5.50. The molecule has 0 fully saturated rings. The van der Waals surface area contributed by atoms with Gasteiger partial charge in [0, 0.05) is 21.2 Å². The molecule has 3 N–H and O–H groups in total. The molecule has 1 aromatic rings. The van der Waals surface area contributed by atoms with E-state index in [9.17, 15) is 4.79 Å². The van der Waals surface area contributed by atoms with E-state index in [2.05, 4.69) is 35.1 Å². The minimum absolute atomic E-state index is 0.0932. The molecular weight excluding hydrogens is 312 g/mol. The average Bonchev–Trinajstić information content (AvgIpc) is 2.71. The maximum absolute atomic E-state index is 11.8. The highest BCUT2D eigenvalue weighted by Crippen LogP contribution is 2.19. The summed E-state index contributed by atoms with van der Waals surface area (Å²) >= 11 is 5.04. The second-order valence-electron chi connectivity index (χ2n) is 4.94. The molecule has 0 aliphatic rings. The van der Waals surface area contributed by atoms with Crippen LogP contribution in [-0.2, 0) is 11.3 Å². The molecule has 102 valence electrons. The molecule has 0 saturated carbocycles. The molecule has 1 rings (SSSR count). The second kappa shape index (κ2) is 7.92. The molecule has 0 aliphatic carbocycles. The zero-order chi connectivity index (χ0) is 13.5. The Bertz CT molecular complexity index is 379. The van der Waals surface area contributed by atoms with Gasteiger partial charge in [-0.2, -0.15) is 0 Å². The van der Waals surface area contributed by atoms with Crippen molar-refractivity contribution in [2.75, 3.05) is 6.54 Å². The number of carbonyl (C=O) groups is 1. The molecule has 5 heteroatoms. The van der Waals surface area contributed by atoms with Gasteiger partial charge in [0.05, 0.1) is 6.54 Å². The molecule has 0 unspecified atom stereocenters. The number of carbonyl (C=O) groups excluding carboxylic acids is 1. The van der Waals surface area contributed by atoms with Crippen molar-refractivity contribution in [1.82, 2.24) is 5.32 Å². The molecule has 0 aromatic carbocycles. The normalized spacial score (nSPS) is 12.7. The molecule has 0 radical (unpaired) electrons. The Labute approximate surface area is 121 Å². The standard InChI is InChI=1S/C13H21BrN2OS/c1-9(2)3-10(6-15)4-13(17)16-7-12-5-11(14)8-18-12/h5,8-10H,3-4,6-7,15H2,1-2H3,(H,16,17)/t10-/m0/s1. The largest absolute Gasteiger partial charge is 0.351 e. The summed E-state index contributed by atoms with van der Waals surface area (Å²) in [4.78, 5) is 13.0. The molecule has 0 bridgehead atoms. The van der Waals surface area contributed by atoms with E-state index >= 15 is 0 Å². The molecule has 1 heterocycles. The van der Waals surface area contributed by atoms with E-state index in [0.29, 0.717) is 31.3 Å². The number of amides is 1. The van der Waals surface area contributed by atoms with Crippen molar-refractivity contribution in [2.45, 2.75) is 33.2 Å². The SMILES string of the molecule is CC(C)C[C@H](CN)CC(=O)NCc1cc(Br)cs1. The molecular formula is C13H21BrN2OS. The number of hydrogen-bond donors (Lipinski definition) is 2. The molecule has 0 spiro atoms. The van der Waals surface area contributed by atoms with Crippen molar-refractivity contribution in [3.63, 3.8) is 0 Å². The summed E-state index contributed by atoms with van der Waals surface area (Å²) in [5, 5.41) is 4.96. The Morgan fingerprint density at radius 1 is 1.56 bits per heavy atom. The fourth-order valence-corrected chi connectivity index (χ4v) is 3.29. The number of nitrogens with one attached hydrogen (secondary N) is 1. The predicted octanol–water partition coefficient (Wildman–Crippen LogP) is 3.14. The third-order valence-electron chi connectivity index (χ3n) is 2.69. The van der Waals surface area contributed by atoms with Crippen LogP contribution in [0.1, 0.15) is 31.6 Å². The summed E-state index contributed by atoms with van der Waals surface area (Å²) in [5.74, 6) is 0.968. The van der Waals surface area contributed by atoms with Crippen LogP contribution in [0.3, 0.4) is 0 Å². The van der Waals surface area contributed by atoms with E-state index in [0.717, 1.165) is 15.8 Å². The van der Waals surface area contributed by atoms with Gasteiger partial charge in [0.1, 0.15) is 0 Å². The topological polar surface area (TPSA) is 55.1 Å². The first kappa shape index (κ1) is 15.7. The molecule has 18 heavy (non-hydrogen) atoms.